The van der Waals surface area contributed by atoms with E-state index in [1.807, 2.05) is 36.7 Å². The van der Waals surface area contributed by atoms with Gasteiger partial charge in [-0.15, -0.1) is 0 Å². The van der Waals surface area contributed by atoms with Gasteiger partial charge in [-0.1, -0.05) is 17.7 Å². The Bertz CT molecular complexity index is 896. The predicted octanol–water partition coefficient (Wildman–Crippen LogP) is 4.67. The van der Waals surface area contributed by atoms with Crippen molar-refractivity contribution in [2.45, 2.75) is 26.8 Å². The normalized spacial score (nSPS) is 13.3. The van der Waals surface area contributed by atoms with Crippen LogP contribution in [-0.2, 0) is 13.0 Å². The van der Waals surface area contributed by atoms with E-state index in [2.05, 4.69) is 0 Å². The minimum Gasteiger partial charge on any atom is -0.263 e. The van der Waals surface area contributed by atoms with Crippen LogP contribution in [0.25, 0.3) is 22.2 Å². The van der Waals surface area contributed by atoms with Gasteiger partial charge in [-0.05, 0) is 55.2 Å². The minimum atomic E-state index is -0.130. The van der Waals surface area contributed by atoms with Gasteiger partial charge in [-0.3, -0.25) is 4.68 Å². The molecule has 0 N–H and O–H groups in total. The second-order valence-electron chi connectivity index (χ2n) is 5.66. The number of aromatic nitrogens is 2. The zero-order valence-electron chi connectivity index (χ0n) is 11.9. The van der Waals surface area contributed by atoms with Crippen molar-refractivity contribution in [1.82, 2.24) is 9.78 Å². The number of aryl methyl sites for hydroxylation is 3. The van der Waals surface area contributed by atoms with E-state index in [4.69, 9.17) is 16.7 Å². The Kier molecular flexibility index (Phi) is 2.64. The van der Waals surface area contributed by atoms with Crippen LogP contribution in [0.15, 0.2) is 24.3 Å². The van der Waals surface area contributed by atoms with Crippen LogP contribution in [0.2, 0.25) is 5.02 Å². The summed E-state index contributed by atoms with van der Waals surface area (Å²) in [5.41, 5.74) is 5.84. The zero-order valence-corrected chi connectivity index (χ0v) is 12.6. The van der Waals surface area contributed by atoms with Crippen molar-refractivity contribution in [2.24, 2.45) is 0 Å². The molecule has 0 amide bonds. The fourth-order valence-electron chi connectivity index (χ4n) is 3.32. The summed E-state index contributed by atoms with van der Waals surface area (Å²) in [5, 5.41) is 6.40. The van der Waals surface area contributed by atoms with Gasteiger partial charge in [0, 0.05) is 22.5 Å². The first kappa shape index (κ1) is 12.8. The van der Waals surface area contributed by atoms with E-state index in [0.717, 1.165) is 38.9 Å². The highest BCUT2D eigenvalue weighted by Gasteiger charge is 2.25. The van der Waals surface area contributed by atoms with E-state index in [1.54, 1.807) is 6.07 Å². The third-order valence-corrected chi connectivity index (χ3v) is 4.49. The summed E-state index contributed by atoms with van der Waals surface area (Å²) >= 11 is 6.21. The number of fused-ring (bicyclic) bond motifs is 5. The largest absolute Gasteiger partial charge is 0.263 e. The van der Waals surface area contributed by atoms with E-state index in [1.165, 1.54) is 0 Å². The van der Waals surface area contributed by atoms with Gasteiger partial charge < -0.3 is 0 Å². The van der Waals surface area contributed by atoms with Gasteiger partial charge in [-0.2, -0.15) is 5.10 Å². The number of hydrogen-bond donors (Lipinski definition) is 0. The molecule has 0 radical (unpaired) electrons. The Labute approximate surface area is 127 Å². The molecule has 0 saturated heterocycles. The fourth-order valence-corrected chi connectivity index (χ4v) is 3.59. The topological polar surface area (TPSA) is 17.8 Å². The maximum absolute atomic E-state index is 14.2. The molecule has 0 unspecified atom stereocenters. The predicted molar refractivity (Wildman–Crippen MR) is 83.3 cm³/mol. The summed E-state index contributed by atoms with van der Waals surface area (Å²) in [6.07, 6.45) is 0.677. The molecule has 4 heteroatoms. The van der Waals surface area contributed by atoms with Gasteiger partial charge in [0.1, 0.15) is 5.82 Å². The van der Waals surface area contributed by atoms with Crippen molar-refractivity contribution >= 4 is 22.5 Å². The molecule has 1 aliphatic heterocycles. The second kappa shape index (κ2) is 4.31. The highest BCUT2D eigenvalue weighted by atomic mass is 35.5. The third kappa shape index (κ3) is 1.74. The molecule has 1 aromatic heterocycles. The first-order chi connectivity index (χ1) is 10.1. The molecule has 0 atom stereocenters. The van der Waals surface area contributed by atoms with Crippen molar-refractivity contribution in [3.63, 3.8) is 0 Å². The van der Waals surface area contributed by atoms with Crippen LogP contribution in [0.1, 0.15) is 16.7 Å². The van der Waals surface area contributed by atoms with E-state index < -0.39 is 0 Å². The lowest BCUT2D eigenvalue weighted by atomic mass is 9.92. The highest BCUT2D eigenvalue weighted by molar-refractivity contribution is 6.31. The molecule has 106 valence electrons. The van der Waals surface area contributed by atoms with Crippen molar-refractivity contribution in [2.75, 3.05) is 0 Å². The summed E-state index contributed by atoms with van der Waals surface area (Å²) in [6.45, 7) is 4.73. The first-order valence-corrected chi connectivity index (χ1v) is 7.39. The zero-order chi connectivity index (χ0) is 14.7. The van der Waals surface area contributed by atoms with E-state index in [9.17, 15) is 4.39 Å². The number of nitrogens with zero attached hydrogens (tertiary/aromatic N) is 2. The molecule has 2 aromatic carbocycles. The lowest BCUT2D eigenvalue weighted by molar-refractivity contribution is 0.564. The summed E-state index contributed by atoms with van der Waals surface area (Å²) in [4.78, 5) is 0. The monoisotopic (exact) mass is 300 g/mol. The Morgan fingerprint density at radius 1 is 1.19 bits per heavy atom. The van der Waals surface area contributed by atoms with Crippen molar-refractivity contribution in [3.05, 3.63) is 51.8 Å². The molecule has 0 spiro atoms. The quantitative estimate of drug-likeness (QED) is 0.590. The number of rotatable bonds is 0. The van der Waals surface area contributed by atoms with Gasteiger partial charge in [0.05, 0.1) is 11.2 Å². The molecule has 1 aliphatic rings. The fraction of sp³-hybridized carbons (Fsp3) is 0.235. The van der Waals surface area contributed by atoms with Gasteiger partial charge in [0.15, 0.2) is 0 Å². The molecule has 0 saturated carbocycles. The summed E-state index contributed by atoms with van der Waals surface area (Å²) in [7, 11) is 0. The SMILES string of the molecule is Cc1ccc(F)c2c1-c1c3cc(Cl)cc(C)c3nn1CC2. The molecule has 2 heterocycles. The first-order valence-electron chi connectivity index (χ1n) is 7.01. The third-order valence-electron chi connectivity index (χ3n) is 4.27. The molecular weight excluding hydrogens is 287 g/mol. The summed E-state index contributed by atoms with van der Waals surface area (Å²) in [6, 6.07) is 7.24. The van der Waals surface area contributed by atoms with Crippen molar-refractivity contribution in [1.29, 1.82) is 0 Å². The van der Waals surface area contributed by atoms with Crippen LogP contribution in [0.3, 0.4) is 0 Å². The molecule has 4 rings (SSSR count). The van der Waals surface area contributed by atoms with Crippen LogP contribution in [0.5, 0.6) is 0 Å². The van der Waals surface area contributed by atoms with Gasteiger partial charge in [-0.25, -0.2) is 4.39 Å². The van der Waals surface area contributed by atoms with Crippen LogP contribution in [0.4, 0.5) is 4.39 Å². The molecule has 3 aromatic rings. The van der Waals surface area contributed by atoms with E-state index in [-0.39, 0.29) is 5.82 Å². The second-order valence-corrected chi connectivity index (χ2v) is 6.09. The molecule has 2 nitrogen and oxygen atoms in total. The van der Waals surface area contributed by atoms with Crippen LogP contribution in [0, 0.1) is 19.7 Å². The van der Waals surface area contributed by atoms with Crippen molar-refractivity contribution < 1.29 is 4.39 Å². The maximum Gasteiger partial charge on any atom is 0.127 e. The maximum atomic E-state index is 14.2. The number of hydrogen-bond acceptors (Lipinski definition) is 1. The van der Waals surface area contributed by atoms with Gasteiger partial charge in [0.25, 0.3) is 0 Å². The summed E-state index contributed by atoms with van der Waals surface area (Å²) < 4.78 is 16.1. The lowest BCUT2D eigenvalue weighted by Crippen LogP contribution is -2.14. The molecule has 0 bridgehead atoms. The summed E-state index contributed by atoms with van der Waals surface area (Å²) in [5.74, 6) is -0.130. The smallest absolute Gasteiger partial charge is 0.127 e. The van der Waals surface area contributed by atoms with E-state index in [0.29, 0.717) is 18.0 Å². The Balaban J connectivity index is 2.17. The van der Waals surface area contributed by atoms with Gasteiger partial charge in [0.2, 0.25) is 0 Å². The van der Waals surface area contributed by atoms with Crippen LogP contribution in [-0.4, -0.2) is 9.78 Å². The van der Waals surface area contributed by atoms with Gasteiger partial charge >= 0.3 is 0 Å². The molecule has 21 heavy (non-hydrogen) atoms. The Morgan fingerprint density at radius 2 is 2.00 bits per heavy atom. The average Bonchev–Trinajstić information content (AvgIpc) is 2.82. The Hall–Kier alpha value is -1.87. The molecule has 0 fully saturated rings. The van der Waals surface area contributed by atoms with Crippen LogP contribution >= 0.6 is 11.6 Å². The van der Waals surface area contributed by atoms with E-state index >= 15 is 0 Å². The van der Waals surface area contributed by atoms with Crippen LogP contribution < -0.4 is 0 Å². The molecule has 0 aliphatic carbocycles. The molecular formula is C17H14ClFN2. The highest BCUT2D eigenvalue weighted by Crippen LogP contribution is 2.39. The van der Waals surface area contributed by atoms with Crippen molar-refractivity contribution in [3.8, 4) is 11.3 Å². The average molecular weight is 301 g/mol. The number of benzene rings is 2. The number of halogens is 2. The Morgan fingerprint density at radius 3 is 2.81 bits per heavy atom. The standard InChI is InChI=1S/C17H14ClFN2/c1-9-3-4-14(19)12-5-6-21-17(15(9)12)13-8-11(18)7-10(2)16(13)20-21/h3-4,7-8H,5-6H2,1-2H3. The minimum absolute atomic E-state index is 0.130. The lowest BCUT2D eigenvalue weighted by Gasteiger charge is -2.21.